The zero-order valence-electron chi connectivity index (χ0n) is 20.9. The van der Waals surface area contributed by atoms with Crippen LogP contribution in [0.3, 0.4) is 0 Å². The van der Waals surface area contributed by atoms with Crippen molar-refractivity contribution >= 4 is 23.3 Å². The largest absolute Gasteiger partial charge is 0.481 e. The Morgan fingerprint density at radius 3 is 2.53 bits per heavy atom. The van der Waals surface area contributed by atoms with Crippen molar-refractivity contribution in [2.24, 2.45) is 5.84 Å². The smallest absolute Gasteiger partial charge is 0.304 e. The second-order valence-electron chi connectivity index (χ2n) is 9.37. The highest BCUT2D eigenvalue weighted by Crippen LogP contribution is 2.37. The molecule has 0 aromatic heterocycles. The van der Waals surface area contributed by atoms with Gasteiger partial charge in [-0.25, -0.2) is 5.84 Å². The van der Waals surface area contributed by atoms with Crippen molar-refractivity contribution < 1.29 is 14.7 Å². The summed E-state index contributed by atoms with van der Waals surface area (Å²) in [6, 6.07) is 19.3. The molecule has 1 heterocycles. The van der Waals surface area contributed by atoms with Crippen LogP contribution in [0.25, 0.3) is 0 Å². The second kappa shape index (κ2) is 10.8. The number of carbonyl (C=O) groups is 2. The molecule has 0 aliphatic carbocycles. The number of hydrogen-bond donors (Lipinski definition) is 3. The SMILES string of the molecule is CCN(N)c1ccc(C(CC(=O)O)c2ccc3c(c2)CN(C(=O)c2ccccc2)CCC3)c(C)c1N. The lowest BCUT2D eigenvalue weighted by atomic mass is 9.83. The van der Waals surface area contributed by atoms with E-state index in [2.05, 4.69) is 12.1 Å². The highest BCUT2D eigenvalue weighted by molar-refractivity contribution is 5.94. The molecule has 0 bridgehead atoms. The van der Waals surface area contributed by atoms with Crippen LogP contribution in [0.4, 0.5) is 11.4 Å². The van der Waals surface area contributed by atoms with Gasteiger partial charge in [0.2, 0.25) is 0 Å². The highest BCUT2D eigenvalue weighted by Gasteiger charge is 2.25. The third-order valence-corrected chi connectivity index (χ3v) is 7.11. The minimum absolute atomic E-state index is 0.0115. The molecule has 0 spiro atoms. The predicted octanol–water partition coefficient (Wildman–Crippen LogP) is 4.47. The number of nitrogens with two attached hydrogens (primary N) is 2. The van der Waals surface area contributed by atoms with Crippen LogP contribution in [-0.4, -0.2) is 35.0 Å². The predicted molar refractivity (Wildman–Crippen MR) is 143 cm³/mol. The number of hydrogen-bond acceptors (Lipinski definition) is 5. The maximum atomic E-state index is 13.2. The van der Waals surface area contributed by atoms with Gasteiger partial charge in [-0.15, -0.1) is 0 Å². The maximum Gasteiger partial charge on any atom is 0.304 e. The zero-order valence-corrected chi connectivity index (χ0v) is 20.9. The summed E-state index contributed by atoms with van der Waals surface area (Å²) in [5.41, 5.74) is 13.3. The van der Waals surface area contributed by atoms with Crippen molar-refractivity contribution in [1.29, 1.82) is 0 Å². The molecule has 7 heteroatoms. The first-order valence-electron chi connectivity index (χ1n) is 12.4. The number of nitrogen functional groups attached to an aromatic ring is 1. The number of amides is 1. The third kappa shape index (κ3) is 5.21. The summed E-state index contributed by atoms with van der Waals surface area (Å²) in [6.45, 7) is 5.63. The Morgan fingerprint density at radius 1 is 1.08 bits per heavy atom. The van der Waals surface area contributed by atoms with Crippen molar-refractivity contribution in [3.8, 4) is 0 Å². The number of benzene rings is 3. The van der Waals surface area contributed by atoms with E-state index in [-0.39, 0.29) is 18.2 Å². The molecule has 4 rings (SSSR count). The number of carboxylic acids is 1. The monoisotopic (exact) mass is 486 g/mol. The number of carboxylic acid groups (broad SMARTS) is 1. The molecule has 0 saturated carbocycles. The number of aryl methyl sites for hydroxylation is 1. The first kappa shape index (κ1) is 25.3. The molecule has 5 N–H and O–H groups in total. The van der Waals surface area contributed by atoms with Gasteiger partial charge >= 0.3 is 5.97 Å². The Balaban J connectivity index is 1.71. The fraction of sp³-hybridized carbons (Fsp3) is 0.310. The van der Waals surface area contributed by atoms with Crippen molar-refractivity contribution in [3.63, 3.8) is 0 Å². The zero-order chi connectivity index (χ0) is 25.8. The molecule has 0 saturated heterocycles. The first-order chi connectivity index (χ1) is 17.3. The summed E-state index contributed by atoms with van der Waals surface area (Å²) in [5.74, 6) is 4.83. The van der Waals surface area contributed by atoms with Gasteiger partial charge in [0.15, 0.2) is 0 Å². The fourth-order valence-corrected chi connectivity index (χ4v) is 5.05. The lowest BCUT2D eigenvalue weighted by Crippen LogP contribution is -2.31. The van der Waals surface area contributed by atoms with Gasteiger partial charge in [-0.1, -0.05) is 42.5 Å². The van der Waals surface area contributed by atoms with Crippen molar-refractivity contribution in [2.45, 2.75) is 45.6 Å². The van der Waals surface area contributed by atoms with Crippen LogP contribution in [0.5, 0.6) is 0 Å². The minimum atomic E-state index is -0.883. The van der Waals surface area contributed by atoms with Crippen molar-refractivity contribution in [2.75, 3.05) is 23.8 Å². The van der Waals surface area contributed by atoms with E-state index in [0.29, 0.717) is 30.9 Å². The molecule has 3 aromatic carbocycles. The number of fused-ring (bicyclic) bond motifs is 1. The Labute approximate surface area is 212 Å². The molecule has 1 amide bonds. The number of anilines is 2. The summed E-state index contributed by atoms with van der Waals surface area (Å²) < 4.78 is 0. The van der Waals surface area contributed by atoms with E-state index in [0.717, 1.165) is 40.8 Å². The van der Waals surface area contributed by atoms with Gasteiger partial charge in [-0.2, -0.15) is 0 Å². The van der Waals surface area contributed by atoms with E-state index in [4.69, 9.17) is 11.6 Å². The molecule has 1 aliphatic rings. The van der Waals surface area contributed by atoms with Gasteiger partial charge in [0.1, 0.15) is 0 Å². The molecule has 1 unspecified atom stereocenters. The number of rotatable bonds is 7. The summed E-state index contributed by atoms with van der Waals surface area (Å²) in [4.78, 5) is 27.0. The summed E-state index contributed by atoms with van der Waals surface area (Å²) in [7, 11) is 0. The average molecular weight is 487 g/mol. The lowest BCUT2D eigenvalue weighted by molar-refractivity contribution is -0.137. The van der Waals surface area contributed by atoms with Gasteiger partial charge in [0.25, 0.3) is 5.91 Å². The number of carbonyl (C=O) groups excluding carboxylic acids is 1. The summed E-state index contributed by atoms with van der Waals surface area (Å²) in [5, 5.41) is 11.3. The molecule has 7 nitrogen and oxygen atoms in total. The van der Waals surface area contributed by atoms with Gasteiger partial charge in [-0.05, 0) is 72.7 Å². The molecule has 36 heavy (non-hydrogen) atoms. The molecule has 0 radical (unpaired) electrons. The maximum absolute atomic E-state index is 13.2. The van der Waals surface area contributed by atoms with E-state index in [1.54, 1.807) is 5.01 Å². The fourth-order valence-electron chi connectivity index (χ4n) is 5.05. The number of nitrogens with zero attached hydrogens (tertiary/aromatic N) is 2. The van der Waals surface area contributed by atoms with Crippen molar-refractivity contribution in [3.05, 3.63) is 94.0 Å². The Kier molecular flexibility index (Phi) is 7.60. The molecular weight excluding hydrogens is 452 g/mol. The van der Waals surface area contributed by atoms with Gasteiger partial charge in [0, 0.05) is 31.1 Å². The van der Waals surface area contributed by atoms with E-state index < -0.39 is 5.97 Å². The molecule has 0 fully saturated rings. The summed E-state index contributed by atoms with van der Waals surface area (Å²) >= 11 is 0. The number of hydrazine groups is 1. The van der Waals surface area contributed by atoms with Crippen LogP contribution >= 0.6 is 0 Å². The molecule has 188 valence electrons. The Bertz CT molecular complexity index is 1260. The first-order valence-corrected chi connectivity index (χ1v) is 12.4. The topological polar surface area (TPSA) is 113 Å². The van der Waals surface area contributed by atoms with E-state index in [9.17, 15) is 14.7 Å². The van der Waals surface area contributed by atoms with Gasteiger partial charge in [0.05, 0.1) is 17.8 Å². The Morgan fingerprint density at radius 2 is 1.83 bits per heavy atom. The Hall–Kier alpha value is -3.84. The van der Waals surface area contributed by atoms with Crippen molar-refractivity contribution in [1.82, 2.24) is 4.90 Å². The van der Waals surface area contributed by atoms with Crippen LogP contribution in [0.1, 0.15) is 63.9 Å². The summed E-state index contributed by atoms with van der Waals surface area (Å²) in [6.07, 6.45) is 1.70. The normalized spacial score (nSPS) is 14.0. The molecular formula is C29H34N4O3. The number of aliphatic carboxylic acids is 1. The quantitative estimate of drug-likeness (QED) is 0.258. The highest BCUT2D eigenvalue weighted by atomic mass is 16.4. The van der Waals surface area contributed by atoms with E-state index in [1.165, 1.54) is 5.56 Å². The molecule has 1 aliphatic heterocycles. The van der Waals surface area contributed by atoms with Crippen LogP contribution in [0, 0.1) is 6.92 Å². The van der Waals surface area contributed by atoms with Gasteiger partial charge in [-0.3, -0.25) is 9.59 Å². The standard InChI is InChI=1S/C29H34N4O3/c1-3-33(31)26-14-13-24(19(2)28(26)30)25(17-27(34)35)22-12-11-20-10-7-15-32(18-23(20)16-22)29(36)21-8-5-4-6-9-21/h4-6,8-9,11-14,16,25H,3,7,10,15,17-18,30-31H2,1-2H3,(H,34,35). The lowest BCUT2D eigenvalue weighted by Gasteiger charge is -2.25. The molecule has 3 aromatic rings. The van der Waals surface area contributed by atoms with Crippen LogP contribution in [0.2, 0.25) is 0 Å². The molecule has 1 atom stereocenters. The van der Waals surface area contributed by atoms with E-state index in [1.807, 2.05) is 67.3 Å². The minimum Gasteiger partial charge on any atom is -0.481 e. The average Bonchev–Trinajstić information content (AvgIpc) is 3.10. The second-order valence-corrected chi connectivity index (χ2v) is 9.37. The van der Waals surface area contributed by atoms with Gasteiger partial charge < -0.3 is 20.7 Å². The van der Waals surface area contributed by atoms with Crippen LogP contribution in [0.15, 0.2) is 60.7 Å². The third-order valence-electron chi connectivity index (χ3n) is 7.11. The van der Waals surface area contributed by atoms with Crippen LogP contribution in [-0.2, 0) is 17.8 Å². The van der Waals surface area contributed by atoms with Crippen LogP contribution < -0.4 is 16.6 Å². The van der Waals surface area contributed by atoms with E-state index >= 15 is 0 Å².